The molecule has 23 heavy (non-hydrogen) atoms. The topological polar surface area (TPSA) is 40.6 Å². The number of hydrogen-bond acceptors (Lipinski definition) is 2. The maximum absolute atomic E-state index is 13.1. The number of carbonyl (C=O) groups is 2. The number of halogens is 3. The van der Waals surface area contributed by atoms with Crippen LogP contribution in [0.4, 0.5) is 18.9 Å². The van der Waals surface area contributed by atoms with Crippen LogP contribution in [0.3, 0.4) is 0 Å². The van der Waals surface area contributed by atoms with Gasteiger partial charge in [0, 0.05) is 26.1 Å². The van der Waals surface area contributed by atoms with Crippen molar-refractivity contribution < 1.29 is 22.8 Å². The Balaban J connectivity index is 2.27. The summed E-state index contributed by atoms with van der Waals surface area (Å²) in [7, 11) is 0. The molecule has 1 aliphatic heterocycles. The Labute approximate surface area is 132 Å². The largest absolute Gasteiger partial charge is 0.418 e. The predicted molar refractivity (Wildman–Crippen MR) is 79.8 cm³/mol. The van der Waals surface area contributed by atoms with Crippen molar-refractivity contribution in [3.05, 3.63) is 29.8 Å². The molecule has 126 valence electrons. The highest BCUT2D eigenvalue weighted by molar-refractivity contribution is 6.00. The molecule has 1 aromatic rings. The van der Waals surface area contributed by atoms with Gasteiger partial charge < -0.3 is 9.80 Å². The quantitative estimate of drug-likeness (QED) is 0.853. The molecule has 0 aromatic heterocycles. The number of anilines is 1. The summed E-state index contributed by atoms with van der Waals surface area (Å²) in [6, 6.07) is 4.95. The molecule has 7 heteroatoms. The SMILES string of the molecule is CCN(CC)C(=O)C1CC(=O)N(c2ccccc2C(F)(F)F)C1. The zero-order chi connectivity index (χ0) is 17.2. The molecule has 1 fully saturated rings. The van der Waals surface area contributed by atoms with Crippen LogP contribution in [-0.4, -0.2) is 36.3 Å². The van der Waals surface area contributed by atoms with E-state index in [1.807, 2.05) is 13.8 Å². The van der Waals surface area contributed by atoms with Crippen molar-refractivity contribution in [3.63, 3.8) is 0 Å². The van der Waals surface area contributed by atoms with Crippen molar-refractivity contribution in [2.24, 2.45) is 5.92 Å². The van der Waals surface area contributed by atoms with E-state index in [1.54, 1.807) is 4.90 Å². The smallest absolute Gasteiger partial charge is 0.343 e. The molecule has 1 heterocycles. The average molecular weight is 328 g/mol. The second-order valence-corrected chi connectivity index (χ2v) is 5.43. The molecule has 2 rings (SSSR count). The molecule has 2 amide bonds. The van der Waals surface area contributed by atoms with Gasteiger partial charge in [0.25, 0.3) is 0 Å². The second-order valence-electron chi connectivity index (χ2n) is 5.43. The van der Waals surface area contributed by atoms with E-state index in [2.05, 4.69) is 0 Å². The maximum Gasteiger partial charge on any atom is 0.418 e. The van der Waals surface area contributed by atoms with Crippen molar-refractivity contribution >= 4 is 17.5 Å². The van der Waals surface area contributed by atoms with Crippen LogP contribution in [0.25, 0.3) is 0 Å². The van der Waals surface area contributed by atoms with Gasteiger partial charge in [0.1, 0.15) is 0 Å². The normalized spacial score (nSPS) is 18.4. The van der Waals surface area contributed by atoms with Gasteiger partial charge >= 0.3 is 6.18 Å². The molecule has 1 aliphatic rings. The van der Waals surface area contributed by atoms with Gasteiger partial charge in [-0.05, 0) is 26.0 Å². The molecule has 1 unspecified atom stereocenters. The number of carbonyl (C=O) groups excluding carboxylic acids is 2. The van der Waals surface area contributed by atoms with Gasteiger partial charge in [-0.25, -0.2) is 0 Å². The standard InChI is InChI=1S/C16H19F3N2O2/c1-3-20(4-2)15(23)11-9-14(22)21(10-11)13-8-6-5-7-12(13)16(17,18)19/h5-8,11H,3-4,9-10H2,1-2H3. The number of hydrogen-bond donors (Lipinski definition) is 0. The van der Waals surface area contributed by atoms with Gasteiger partial charge in [0.2, 0.25) is 11.8 Å². The van der Waals surface area contributed by atoms with Crippen LogP contribution in [-0.2, 0) is 15.8 Å². The molecule has 1 atom stereocenters. The summed E-state index contributed by atoms with van der Waals surface area (Å²) in [5, 5.41) is 0. The first-order valence-electron chi connectivity index (χ1n) is 7.54. The van der Waals surface area contributed by atoms with Crippen LogP contribution in [0, 0.1) is 5.92 Å². The minimum Gasteiger partial charge on any atom is -0.343 e. The van der Waals surface area contributed by atoms with E-state index in [0.29, 0.717) is 13.1 Å². The molecular weight excluding hydrogens is 309 g/mol. The van der Waals surface area contributed by atoms with Gasteiger partial charge in [-0.15, -0.1) is 0 Å². The first-order chi connectivity index (χ1) is 10.8. The lowest BCUT2D eigenvalue weighted by atomic mass is 10.1. The van der Waals surface area contributed by atoms with Crippen LogP contribution >= 0.6 is 0 Å². The van der Waals surface area contributed by atoms with Crippen molar-refractivity contribution in [2.75, 3.05) is 24.5 Å². The number of para-hydroxylation sites is 1. The van der Waals surface area contributed by atoms with E-state index >= 15 is 0 Å². The van der Waals surface area contributed by atoms with Crippen LogP contribution in [0.2, 0.25) is 0 Å². The van der Waals surface area contributed by atoms with Gasteiger partial charge in [-0.2, -0.15) is 13.2 Å². The summed E-state index contributed by atoms with van der Waals surface area (Å²) < 4.78 is 39.3. The summed E-state index contributed by atoms with van der Waals surface area (Å²) in [6.45, 7) is 4.67. The Hall–Kier alpha value is -2.05. The van der Waals surface area contributed by atoms with Crippen LogP contribution in [0.15, 0.2) is 24.3 Å². The third-order valence-corrected chi connectivity index (χ3v) is 4.05. The lowest BCUT2D eigenvalue weighted by molar-refractivity contribution is -0.137. The highest BCUT2D eigenvalue weighted by Crippen LogP contribution is 2.38. The number of nitrogens with zero attached hydrogens (tertiary/aromatic N) is 2. The first kappa shape index (κ1) is 17.3. The highest BCUT2D eigenvalue weighted by Gasteiger charge is 2.41. The number of rotatable bonds is 4. The molecule has 0 spiro atoms. The summed E-state index contributed by atoms with van der Waals surface area (Å²) in [5.41, 5.74) is -1.04. The number of amides is 2. The lowest BCUT2D eigenvalue weighted by Gasteiger charge is -2.24. The van der Waals surface area contributed by atoms with Crippen LogP contribution < -0.4 is 4.90 Å². The summed E-state index contributed by atoms with van der Waals surface area (Å²) in [4.78, 5) is 27.2. The van der Waals surface area contributed by atoms with E-state index in [0.717, 1.165) is 11.0 Å². The Morgan fingerprint density at radius 3 is 2.43 bits per heavy atom. The Morgan fingerprint density at radius 1 is 1.26 bits per heavy atom. The third kappa shape index (κ3) is 3.48. The van der Waals surface area contributed by atoms with E-state index in [4.69, 9.17) is 0 Å². The molecule has 1 aromatic carbocycles. The minimum atomic E-state index is -4.54. The second kappa shape index (κ2) is 6.60. The van der Waals surface area contributed by atoms with Crippen LogP contribution in [0.5, 0.6) is 0 Å². The molecule has 0 radical (unpaired) electrons. The molecule has 0 N–H and O–H groups in total. The molecular formula is C16H19F3N2O2. The van der Waals surface area contributed by atoms with Gasteiger partial charge in [0.05, 0.1) is 17.2 Å². The Kier molecular flexibility index (Phi) is 4.97. The summed E-state index contributed by atoms with van der Waals surface area (Å²) >= 11 is 0. The fourth-order valence-corrected chi connectivity index (χ4v) is 2.85. The van der Waals surface area contributed by atoms with Crippen molar-refractivity contribution in [3.8, 4) is 0 Å². The van der Waals surface area contributed by atoms with Crippen LogP contribution in [0.1, 0.15) is 25.8 Å². The monoisotopic (exact) mass is 328 g/mol. The van der Waals surface area contributed by atoms with Gasteiger partial charge in [-0.3, -0.25) is 9.59 Å². The fourth-order valence-electron chi connectivity index (χ4n) is 2.85. The molecule has 1 saturated heterocycles. The molecule has 0 saturated carbocycles. The Bertz CT molecular complexity index is 597. The third-order valence-electron chi connectivity index (χ3n) is 4.05. The molecule has 0 aliphatic carbocycles. The zero-order valence-corrected chi connectivity index (χ0v) is 13.1. The summed E-state index contributed by atoms with van der Waals surface area (Å²) in [5.74, 6) is -1.23. The predicted octanol–water partition coefficient (Wildman–Crippen LogP) is 2.93. The maximum atomic E-state index is 13.1. The van der Waals surface area contributed by atoms with Crippen molar-refractivity contribution in [2.45, 2.75) is 26.4 Å². The lowest BCUT2D eigenvalue weighted by Crippen LogP contribution is -2.37. The van der Waals surface area contributed by atoms with Crippen molar-refractivity contribution in [1.82, 2.24) is 4.90 Å². The van der Waals surface area contributed by atoms with Gasteiger partial charge in [0.15, 0.2) is 0 Å². The van der Waals surface area contributed by atoms with E-state index < -0.39 is 23.6 Å². The summed E-state index contributed by atoms with van der Waals surface area (Å²) in [6.07, 6.45) is -4.60. The first-order valence-corrected chi connectivity index (χ1v) is 7.54. The number of benzene rings is 1. The average Bonchev–Trinajstić information content (AvgIpc) is 2.89. The van der Waals surface area contributed by atoms with Gasteiger partial charge in [-0.1, -0.05) is 12.1 Å². The van der Waals surface area contributed by atoms with E-state index in [9.17, 15) is 22.8 Å². The Morgan fingerprint density at radius 2 is 1.87 bits per heavy atom. The zero-order valence-electron chi connectivity index (χ0n) is 13.1. The van der Waals surface area contributed by atoms with Crippen molar-refractivity contribution in [1.29, 1.82) is 0 Å². The van der Waals surface area contributed by atoms with E-state index in [-0.39, 0.29) is 24.6 Å². The minimum absolute atomic E-state index is 0.0126. The fraction of sp³-hybridized carbons (Fsp3) is 0.500. The molecule has 0 bridgehead atoms. The van der Waals surface area contributed by atoms with E-state index in [1.165, 1.54) is 18.2 Å². The number of alkyl halides is 3. The molecule has 4 nitrogen and oxygen atoms in total. The highest BCUT2D eigenvalue weighted by atomic mass is 19.4.